The summed E-state index contributed by atoms with van der Waals surface area (Å²) in [7, 11) is 0. The van der Waals surface area contributed by atoms with Crippen LogP contribution in [0.15, 0.2) is 47.4 Å². The van der Waals surface area contributed by atoms with E-state index in [1.807, 2.05) is 0 Å². The summed E-state index contributed by atoms with van der Waals surface area (Å²) >= 11 is 1.19. The van der Waals surface area contributed by atoms with E-state index in [4.69, 9.17) is 10.5 Å². The minimum absolute atomic E-state index is 0.0161. The second-order valence-corrected chi connectivity index (χ2v) is 6.52. The lowest BCUT2D eigenvalue weighted by molar-refractivity contribution is -0.116. The SMILES string of the molecule is NC(=O)CSc1ccccc1C(=O)Oc1ccc2c(c1)CCC(=O)N2. The number of primary amides is 1. The third-order valence-electron chi connectivity index (χ3n) is 3.66. The zero-order chi connectivity index (χ0) is 17.8. The van der Waals surface area contributed by atoms with Crippen molar-refractivity contribution in [3.63, 3.8) is 0 Å². The third kappa shape index (κ3) is 4.19. The molecule has 0 bridgehead atoms. The number of ether oxygens (including phenoxy) is 1. The Morgan fingerprint density at radius 2 is 1.96 bits per heavy atom. The van der Waals surface area contributed by atoms with Gasteiger partial charge in [0.2, 0.25) is 11.8 Å². The Morgan fingerprint density at radius 3 is 2.76 bits per heavy atom. The molecule has 0 atom stereocenters. The normalized spacial score (nSPS) is 12.9. The number of hydrogen-bond acceptors (Lipinski definition) is 5. The summed E-state index contributed by atoms with van der Waals surface area (Å²) in [6, 6.07) is 12.0. The molecule has 25 heavy (non-hydrogen) atoms. The number of amides is 2. The minimum atomic E-state index is -0.507. The highest BCUT2D eigenvalue weighted by Crippen LogP contribution is 2.28. The van der Waals surface area contributed by atoms with Gasteiger partial charge in [-0.15, -0.1) is 11.8 Å². The van der Waals surface area contributed by atoms with E-state index in [0.717, 1.165) is 11.3 Å². The average molecular weight is 356 g/mol. The van der Waals surface area contributed by atoms with Gasteiger partial charge in [0.15, 0.2) is 0 Å². The highest BCUT2D eigenvalue weighted by atomic mass is 32.2. The predicted octanol–water partition coefficient (Wildman–Crippen LogP) is 2.37. The maximum atomic E-state index is 12.5. The maximum absolute atomic E-state index is 12.5. The first-order valence-electron chi connectivity index (χ1n) is 7.68. The fraction of sp³-hybridized carbons (Fsp3) is 0.167. The van der Waals surface area contributed by atoms with Gasteiger partial charge >= 0.3 is 5.97 Å². The Bertz CT molecular complexity index is 851. The molecule has 1 heterocycles. The minimum Gasteiger partial charge on any atom is -0.423 e. The topological polar surface area (TPSA) is 98.5 Å². The van der Waals surface area contributed by atoms with Crippen LogP contribution in [0.5, 0.6) is 5.75 Å². The molecule has 3 rings (SSSR count). The zero-order valence-electron chi connectivity index (χ0n) is 13.3. The molecule has 0 fully saturated rings. The zero-order valence-corrected chi connectivity index (χ0v) is 14.1. The summed E-state index contributed by atoms with van der Waals surface area (Å²) in [5.74, 6) is -0.479. The molecule has 0 aliphatic carbocycles. The number of esters is 1. The molecule has 0 aromatic heterocycles. The molecular weight excluding hydrogens is 340 g/mol. The van der Waals surface area contributed by atoms with Crippen molar-refractivity contribution < 1.29 is 19.1 Å². The highest BCUT2D eigenvalue weighted by molar-refractivity contribution is 8.00. The van der Waals surface area contributed by atoms with Gasteiger partial charge in [0.05, 0.1) is 11.3 Å². The van der Waals surface area contributed by atoms with Gasteiger partial charge in [-0.05, 0) is 42.3 Å². The summed E-state index contributed by atoms with van der Waals surface area (Å²) in [5.41, 5.74) is 7.21. The molecule has 128 valence electrons. The largest absolute Gasteiger partial charge is 0.423 e. The van der Waals surface area contributed by atoms with Gasteiger partial charge in [0.1, 0.15) is 5.75 Å². The summed E-state index contributed by atoms with van der Waals surface area (Å²) < 4.78 is 5.46. The Morgan fingerprint density at radius 1 is 1.16 bits per heavy atom. The molecule has 3 N–H and O–H groups in total. The molecule has 0 unspecified atom stereocenters. The number of anilines is 1. The summed E-state index contributed by atoms with van der Waals surface area (Å²) in [4.78, 5) is 35.5. The average Bonchev–Trinajstić information content (AvgIpc) is 2.60. The van der Waals surface area contributed by atoms with Crippen molar-refractivity contribution in [2.75, 3.05) is 11.1 Å². The number of carbonyl (C=O) groups excluding carboxylic acids is 3. The number of nitrogens with two attached hydrogens (primary N) is 1. The van der Waals surface area contributed by atoms with Crippen LogP contribution in [0.25, 0.3) is 0 Å². The molecule has 0 saturated heterocycles. The number of rotatable bonds is 5. The van der Waals surface area contributed by atoms with Gasteiger partial charge in [0, 0.05) is 17.0 Å². The van der Waals surface area contributed by atoms with E-state index in [0.29, 0.717) is 29.1 Å². The van der Waals surface area contributed by atoms with E-state index in [9.17, 15) is 14.4 Å². The quantitative estimate of drug-likeness (QED) is 0.487. The molecule has 1 aliphatic heterocycles. The lowest BCUT2D eigenvalue weighted by atomic mass is 10.0. The molecule has 7 heteroatoms. The van der Waals surface area contributed by atoms with Gasteiger partial charge in [-0.25, -0.2) is 4.79 Å². The number of hydrogen-bond donors (Lipinski definition) is 2. The molecule has 1 aliphatic rings. The fourth-order valence-corrected chi connectivity index (χ4v) is 3.27. The van der Waals surface area contributed by atoms with Crippen LogP contribution in [0, 0.1) is 0 Å². The van der Waals surface area contributed by atoms with E-state index < -0.39 is 11.9 Å². The van der Waals surface area contributed by atoms with Crippen LogP contribution in [-0.4, -0.2) is 23.5 Å². The van der Waals surface area contributed by atoms with Crippen molar-refractivity contribution >= 4 is 35.2 Å². The third-order valence-corrected chi connectivity index (χ3v) is 4.76. The van der Waals surface area contributed by atoms with Crippen molar-refractivity contribution in [3.8, 4) is 5.75 Å². The van der Waals surface area contributed by atoms with Crippen LogP contribution in [0.4, 0.5) is 5.69 Å². The molecule has 2 aromatic carbocycles. The Balaban J connectivity index is 1.77. The molecular formula is C18H16N2O4S. The first kappa shape index (κ1) is 17.0. The van der Waals surface area contributed by atoms with Crippen LogP contribution in [0.3, 0.4) is 0 Å². The summed E-state index contributed by atoms with van der Waals surface area (Å²) in [6.45, 7) is 0. The van der Waals surface area contributed by atoms with Gasteiger partial charge in [0.25, 0.3) is 0 Å². The Hall–Kier alpha value is -2.80. The van der Waals surface area contributed by atoms with Crippen LogP contribution < -0.4 is 15.8 Å². The van der Waals surface area contributed by atoms with Gasteiger partial charge in [-0.2, -0.15) is 0 Å². The maximum Gasteiger partial charge on any atom is 0.344 e. The highest BCUT2D eigenvalue weighted by Gasteiger charge is 2.18. The summed E-state index contributed by atoms with van der Waals surface area (Å²) in [6.07, 6.45) is 1.02. The molecule has 2 amide bonds. The van der Waals surface area contributed by atoms with Crippen molar-refractivity contribution in [2.24, 2.45) is 5.73 Å². The van der Waals surface area contributed by atoms with Crippen LogP contribution in [0.2, 0.25) is 0 Å². The molecule has 0 radical (unpaired) electrons. The van der Waals surface area contributed by atoms with Crippen molar-refractivity contribution in [1.29, 1.82) is 0 Å². The van der Waals surface area contributed by atoms with E-state index in [-0.39, 0.29) is 11.7 Å². The monoisotopic (exact) mass is 356 g/mol. The lowest BCUT2D eigenvalue weighted by Crippen LogP contribution is -2.19. The first-order valence-corrected chi connectivity index (χ1v) is 8.66. The van der Waals surface area contributed by atoms with Crippen LogP contribution >= 0.6 is 11.8 Å². The number of benzene rings is 2. The smallest absolute Gasteiger partial charge is 0.344 e. The van der Waals surface area contributed by atoms with E-state index in [1.54, 1.807) is 42.5 Å². The Labute approximate surface area is 148 Å². The van der Waals surface area contributed by atoms with Crippen LogP contribution in [0.1, 0.15) is 22.3 Å². The van der Waals surface area contributed by atoms with E-state index in [2.05, 4.69) is 5.32 Å². The standard InChI is InChI=1S/C18H16N2O4S/c19-16(21)10-25-15-4-2-1-3-13(15)18(23)24-12-6-7-14-11(9-12)5-8-17(22)20-14/h1-4,6-7,9H,5,8,10H2,(H2,19,21)(H,20,22). The van der Waals surface area contributed by atoms with E-state index >= 15 is 0 Å². The number of aryl methyl sites for hydroxylation is 1. The summed E-state index contributed by atoms with van der Waals surface area (Å²) in [5, 5.41) is 2.78. The molecule has 2 aromatic rings. The van der Waals surface area contributed by atoms with Gasteiger partial charge in [-0.3, -0.25) is 9.59 Å². The van der Waals surface area contributed by atoms with Crippen molar-refractivity contribution in [3.05, 3.63) is 53.6 Å². The lowest BCUT2D eigenvalue weighted by Gasteiger charge is -2.17. The Kier molecular flexibility index (Phi) is 5.04. The molecule has 0 spiro atoms. The second kappa shape index (κ2) is 7.40. The second-order valence-electron chi connectivity index (χ2n) is 5.51. The number of nitrogens with one attached hydrogen (secondary N) is 1. The van der Waals surface area contributed by atoms with Gasteiger partial charge in [-0.1, -0.05) is 12.1 Å². The van der Waals surface area contributed by atoms with Gasteiger partial charge < -0.3 is 15.8 Å². The molecule has 6 nitrogen and oxygen atoms in total. The van der Waals surface area contributed by atoms with Crippen LogP contribution in [-0.2, 0) is 16.0 Å². The van der Waals surface area contributed by atoms with E-state index in [1.165, 1.54) is 11.8 Å². The molecule has 0 saturated carbocycles. The van der Waals surface area contributed by atoms with Crippen molar-refractivity contribution in [1.82, 2.24) is 0 Å². The van der Waals surface area contributed by atoms with Crippen molar-refractivity contribution in [2.45, 2.75) is 17.7 Å². The first-order chi connectivity index (χ1) is 12.0. The predicted molar refractivity (Wildman–Crippen MR) is 94.7 cm³/mol. The number of carbonyl (C=O) groups is 3. The number of fused-ring (bicyclic) bond motifs is 1. The fourth-order valence-electron chi connectivity index (χ4n) is 2.50. The number of thioether (sulfide) groups is 1.